The Labute approximate surface area is 103 Å². The number of hydrogen-bond acceptors (Lipinski definition) is 3. The van der Waals surface area contributed by atoms with Gasteiger partial charge < -0.3 is 15.8 Å². The van der Waals surface area contributed by atoms with Gasteiger partial charge in [0.25, 0.3) is 0 Å². The molecule has 1 amide bonds. The van der Waals surface area contributed by atoms with Gasteiger partial charge in [-0.1, -0.05) is 13.3 Å². The molecule has 1 aliphatic carbocycles. The Kier molecular flexibility index (Phi) is 4.78. The molecule has 0 aromatic rings. The van der Waals surface area contributed by atoms with Crippen molar-refractivity contribution in [2.75, 3.05) is 6.61 Å². The minimum absolute atomic E-state index is 0.0418. The summed E-state index contributed by atoms with van der Waals surface area (Å²) in [6.07, 6.45) is 4.15. The summed E-state index contributed by atoms with van der Waals surface area (Å²) < 4.78 is 4.87. The first-order valence-electron chi connectivity index (χ1n) is 6.33. The summed E-state index contributed by atoms with van der Waals surface area (Å²) in [5, 5.41) is 10.5. The Balaban J connectivity index is 2.65. The van der Waals surface area contributed by atoms with Gasteiger partial charge in [0.1, 0.15) is 11.4 Å². The van der Waals surface area contributed by atoms with Gasteiger partial charge in [-0.05, 0) is 38.5 Å². The Morgan fingerprint density at radius 2 is 2.06 bits per heavy atom. The second-order valence-electron chi connectivity index (χ2n) is 4.69. The average Bonchev–Trinajstić information content (AvgIpc) is 2.30. The molecule has 0 aliphatic heterocycles. The zero-order valence-corrected chi connectivity index (χ0v) is 10.7. The van der Waals surface area contributed by atoms with E-state index >= 15 is 0 Å². The minimum atomic E-state index is -0.683. The van der Waals surface area contributed by atoms with Crippen molar-refractivity contribution < 1.29 is 9.53 Å². The SMILES string of the molecule is CCOC(=O)NC1(C(=N)N)CCC(CC)CC1. The van der Waals surface area contributed by atoms with Crippen molar-refractivity contribution in [3.63, 3.8) is 0 Å². The van der Waals surface area contributed by atoms with Gasteiger partial charge in [-0.2, -0.15) is 0 Å². The van der Waals surface area contributed by atoms with E-state index in [1.165, 1.54) is 0 Å². The van der Waals surface area contributed by atoms with Crippen molar-refractivity contribution in [3.05, 3.63) is 0 Å². The fraction of sp³-hybridized carbons (Fsp3) is 0.833. The van der Waals surface area contributed by atoms with Crippen LogP contribution in [0.2, 0.25) is 0 Å². The molecule has 1 rings (SSSR count). The van der Waals surface area contributed by atoms with E-state index in [-0.39, 0.29) is 5.84 Å². The molecular formula is C12H23N3O2. The van der Waals surface area contributed by atoms with E-state index in [4.69, 9.17) is 15.9 Å². The van der Waals surface area contributed by atoms with E-state index in [0.717, 1.165) is 32.1 Å². The van der Waals surface area contributed by atoms with Gasteiger partial charge in [-0.15, -0.1) is 0 Å². The molecule has 0 unspecified atom stereocenters. The van der Waals surface area contributed by atoms with Crippen LogP contribution in [-0.2, 0) is 4.74 Å². The number of carbonyl (C=O) groups is 1. The first kappa shape index (κ1) is 13.8. The summed E-state index contributed by atoms with van der Waals surface area (Å²) in [6.45, 7) is 4.26. The van der Waals surface area contributed by atoms with E-state index in [0.29, 0.717) is 12.5 Å². The fourth-order valence-electron chi connectivity index (χ4n) is 2.40. The summed E-state index contributed by atoms with van der Waals surface area (Å²) in [4.78, 5) is 11.5. The maximum Gasteiger partial charge on any atom is 0.407 e. The number of carbonyl (C=O) groups excluding carboxylic acids is 1. The molecule has 1 saturated carbocycles. The van der Waals surface area contributed by atoms with Gasteiger partial charge in [0, 0.05) is 0 Å². The smallest absolute Gasteiger partial charge is 0.407 e. The Morgan fingerprint density at radius 1 is 1.47 bits per heavy atom. The van der Waals surface area contributed by atoms with E-state index in [2.05, 4.69) is 12.2 Å². The molecule has 0 aromatic heterocycles. The lowest BCUT2D eigenvalue weighted by Gasteiger charge is -2.39. The summed E-state index contributed by atoms with van der Waals surface area (Å²) in [7, 11) is 0. The predicted octanol–water partition coefficient (Wildman–Crippen LogP) is 2.01. The Morgan fingerprint density at radius 3 is 2.47 bits per heavy atom. The van der Waals surface area contributed by atoms with E-state index < -0.39 is 11.6 Å². The molecule has 0 heterocycles. The van der Waals surface area contributed by atoms with Crippen LogP contribution >= 0.6 is 0 Å². The molecule has 1 aliphatic rings. The van der Waals surface area contributed by atoms with Crippen LogP contribution in [0.4, 0.5) is 4.79 Å². The largest absolute Gasteiger partial charge is 0.450 e. The van der Waals surface area contributed by atoms with Crippen LogP contribution in [0.1, 0.15) is 46.0 Å². The summed E-state index contributed by atoms with van der Waals surface area (Å²) in [5.41, 5.74) is 4.96. The minimum Gasteiger partial charge on any atom is -0.450 e. The van der Waals surface area contributed by atoms with Crippen molar-refractivity contribution in [3.8, 4) is 0 Å². The highest BCUT2D eigenvalue weighted by Gasteiger charge is 2.39. The summed E-state index contributed by atoms with van der Waals surface area (Å²) >= 11 is 0. The van der Waals surface area contributed by atoms with Gasteiger partial charge in [0.05, 0.1) is 6.61 Å². The van der Waals surface area contributed by atoms with E-state index in [9.17, 15) is 4.79 Å². The van der Waals surface area contributed by atoms with Crippen LogP contribution < -0.4 is 11.1 Å². The number of nitrogens with two attached hydrogens (primary N) is 1. The van der Waals surface area contributed by atoms with Crippen LogP contribution in [0.25, 0.3) is 0 Å². The number of rotatable bonds is 4. The van der Waals surface area contributed by atoms with Crippen LogP contribution in [0, 0.1) is 11.3 Å². The Bertz CT molecular complexity index is 283. The molecule has 98 valence electrons. The number of alkyl carbamates (subject to hydrolysis) is 1. The van der Waals surface area contributed by atoms with Crippen molar-refractivity contribution in [1.29, 1.82) is 5.41 Å². The summed E-state index contributed by atoms with van der Waals surface area (Å²) in [6, 6.07) is 0. The maximum atomic E-state index is 11.5. The molecule has 0 spiro atoms. The van der Waals surface area contributed by atoms with Crippen molar-refractivity contribution in [2.24, 2.45) is 11.7 Å². The fourth-order valence-corrected chi connectivity index (χ4v) is 2.40. The maximum absolute atomic E-state index is 11.5. The van der Waals surface area contributed by atoms with E-state index in [1.54, 1.807) is 6.92 Å². The average molecular weight is 241 g/mol. The molecule has 0 saturated heterocycles. The topological polar surface area (TPSA) is 88.2 Å². The van der Waals surface area contributed by atoms with Crippen LogP contribution in [0.3, 0.4) is 0 Å². The van der Waals surface area contributed by atoms with Gasteiger partial charge in [-0.25, -0.2) is 4.79 Å². The standard InChI is InChI=1S/C12H23N3O2/c1-3-9-5-7-12(8-6-9,10(13)14)15-11(16)17-4-2/h9H,3-8H2,1-2H3,(H3,13,14)(H,15,16). The van der Waals surface area contributed by atoms with Crippen LogP contribution in [0.5, 0.6) is 0 Å². The third kappa shape index (κ3) is 3.35. The van der Waals surface area contributed by atoms with E-state index in [1.807, 2.05) is 0 Å². The Hall–Kier alpha value is -1.26. The molecule has 0 radical (unpaired) electrons. The lowest BCUT2D eigenvalue weighted by atomic mass is 9.75. The molecule has 4 N–H and O–H groups in total. The van der Waals surface area contributed by atoms with Gasteiger partial charge >= 0.3 is 6.09 Å². The van der Waals surface area contributed by atoms with Gasteiger partial charge in [0.15, 0.2) is 0 Å². The number of nitrogens with one attached hydrogen (secondary N) is 2. The number of hydrogen-bond donors (Lipinski definition) is 3. The zero-order chi connectivity index (χ0) is 12.9. The monoisotopic (exact) mass is 241 g/mol. The van der Waals surface area contributed by atoms with Crippen LogP contribution in [0.15, 0.2) is 0 Å². The third-order valence-corrected chi connectivity index (χ3v) is 3.67. The first-order chi connectivity index (χ1) is 8.04. The normalized spacial score (nSPS) is 28.5. The molecule has 0 atom stereocenters. The zero-order valence-electron chi connectivity index (χ0n) is 10.7. The lowest BCUT2D eigenvalue weighted by molar-refractivity contribution is 0.135. The van der Waals surface area contributed by atoms with Crippen LogP contribution in [-0.4, -0.2) is 24.1 Å². The highest BCUT2D eigenvalue weighted by Crippen LogP contribution is 2.33. The molecule has 17 heavy (non-hydrogen) atoms. The number of ether oxygens (including phenoxy) is 1. The highest BCUT2D eigenvalue weighted by atomic mass is 16.5. The van der Waals surface area contributed by atoms with Crippen molar-refractivity contribution in [1.82, 2.24) is 5.32 Å². The van der Waals surface area contributed by atoms with Gasteiger partial charge in [0.2, 0.25) is 0 Å². The molecular weight excluding hydrogens is 218 g/mol. The number of amidine groups is 1. The molecule has 1 fully saturated rings. The summed E-state index contributed by atoms with van der Waals surface area (Å²) in [5.74, 6) is 0.728. The second-order valence-corrected chi connectivity index (χ2v) is 4.69. The predicted molar refractivity (Wildman–Crippen MR) is 67.1 cm³/mol. The highest BCUT2D eigenvalue weighted by molar-refractivity contribution is 5.90. The second kappa shape index (κ2) is 5.89. The van der Waals surface area contributed by atoms with Gasteiger partial charge in [-0.3, -0.25) is 5.41 Å². The third-order valence-electron chi connectivity index (χ3n) is 3.67. The molecule has 5 heteroatoms. The lowest BCUT2D eigenvalue weighted by Crippen LogP contribution is -2.58. The van der Waals surface area contributed by atoms with Crippen molar-refractivity contribution in [2.45, 2.75) is 51.5 Å². The number of amides is 1. The van der Waals surface area contributed by atoms with Crippen molar-refractivity contribution >= 4 is 11.9 Å². The molecule has 5 nitrogen and oxygen atoms in total. The molecule has 0 bridgehead atoms. The molecule has 0 aromatic carbocycles. The quantitative estimate of drug-likeness (QED) is 0.519. The first-order valence-corrected chi connectivity index (χ1v) is 6.33.